The summed E-state index contributed by atoms with van der Waals surface area (Å²) in [4.78, 5) is 11.9. The molecular weight excluding hydrogens is 244 g/mol. The summed E-state index contributed by atoms with van der Waals surface area (Å²) in [6.07, 6.45) is 2.14. The van der Waals surface area contributed by atoms with E-state index in [2.05, 4.69) is 6.92 Å². The maximum atomic E-state index is 11.9. The first kappa shape index (κ1) is 15.1. The van der Waals surface area contributed by atoms with E-state index < -0.39 is 10.8 Å². The lowest BCUT2D eigenvalue weighted by atomic mass is 10.1. The second-order valence-corrected chi connectivity index (χ2v) is 6.52. The Morgan fingerprint density at radius 3 is 2.33 bits per heavy atom. The number of ketones is 1. The molecule has 1 aromatic carbocycles. The van der Waals surface area contributed by atoms with Gasteiger partial charge in [-0.05, 0) is 17.9 Å². The van der Waals surface area contributed by atoms with Crippen LogP contribution < -0.4 is 0 Å². The second-order valence-electron chi connectivity index (χ2n) is 5.01. The molecule has 2 nitrogen and oxygen atoms in total. The fourth-order valence-electron chi connectivity index (χ4n) is 1.81. The highest BCUT2D eigenvalue weighted by atomic mass is 32.2. The number of carbonyl (C=O) groups excluding carboxylic acids is 1. The molecule has 0 aliphatic heterocycles. The molecule has 0 aromatic heterocycles. The van der Waals surface area contributed by atoms with Gasteiger partial charge < -0.3 is 0 Å². The molecule has 0 spiro atoms. The van der Waals surface area contributed by atoms with Crippen LogP contribution in [0.15, 0.2) is 24.3 Å². The summed E-state index contributed by atoms with van der Waals surface area (Å²) in [6, 6.07) is 7.67. The van der Waals surface area contributed by atoms with Crippen LogP contribution in [0, 0.1) is 5.92 Å². The van der Waals surface area contributed by atoms with Crippen molar-refractivity contribution in [1.82, 2.24) is 0 Å². The first-order valence-corrected chi connectivity index (χ1v) is 7.98. The Morgan fingerprint density at radius 2 is 1.83 bits per heavy atom. The van der Waals surface area contributed by atoms with E-state index in [0.29, 0.717) is 17.2 Å². The summed E-state index contributed by atoms with van der Waals surface area (Å²) in [7, 11) is -1.04. The van der Waals surface area contributed by atoms with Crippen molar-refractivity contribution < 1.29 is 9.00 Å². The summed E-state index contributed by atoms with van der Waals surface area (Å²) in [5.74, 6) is 1.09. The van der Waals surface area contributed by atoms with Gasteiger partial charge >= 0.3 is 0 Å². The summed E-state index contributed by atoms with van der Waals surface area (Å²) in [6.45, 7) is 6.16. The number of Topliss-reactive ketones (excluding diaryl/α,β-unsaturated/α-hetero) is 1. The van der Waals surface area contributed by atoms with Crippen molar-refractivity contribution >= 4 is 16.6 Å². The molecule has 100 valence electrons. The Kier molecular flexibility index (Phi) is 6.27. The van der Waals surface area contributed by atoms with E-state index in [1.807, 2.05) is 38.1 Å². The number of aryl methyl sites for hydroxylation is 1. The number of rotatable bonds is 7. The van der Waals surface area contributed by atoms with Crippen LogP contribution in [-0.4, -0.2) is 21.5 Å². The zero-order valence-corrected chi connectivity index (χ0v) is 12.3. The molecule has 1 aromatic rings. The van der Waals surface area contributed by atoms with Gasteiger partial charge in [-0.1, -0.05) is 51.5 Å². The molecule has 0 saturated heterocycles. The minimum Gasteiger partial charge on any atom is -0.293 e. The molecule has 0 aliphatic carbocycles. The standard InChI is InChI=1S/C15H22O2S/c1-4-5-13-6-8-14(9-7-13)15(16)11-18(17)10-12(2)3/h6-9,12H,4-5,10-11H2,1-3H3. The first-order chi connectivity index (χ1) is 8.52. The average molecular weight is 266 g/mol. The smallest absolute Gasteiger partial charge is 0.175 e. The highest BCUT2D eigenvalue weighted by Crippen LogP contribution is 2.08. The van der Waals surface area contributed by atoms with Crippen molar-refractivity contribution in [2.24, 2.45) is 5.92 Å². The maximum Gasteiger partial charge on any atom is 0.175 e. The first-order valence-electron chi connectivity index (χ1n) is 6.50. The lowest BCUT2D eigenvalue weighted by Crippen LogP contribution is -2.15. The van der Waals surface area contributed by atoms with Crippen LogP contribution in [0.2, 0.25) is 0 Å². The number of hydrogen-bond acceptors (Lipinski definition) is 2. The van der Waals surface area contributed by atoms with Crippen molar-refractivity contribution in [3.8, 4) is 0 Å². The molecule has 0 bridgehead atoms. The molecule has 0 radical (unpaired) electrons. The zero-order chi connectivity index (χ0) is 13.5. The summed E-state index contributed by atoms with van der Waals surface area (Å²) >= 11 is 0. The lowest BCUT2D eigenvalue weighted by Gasteiger charge is -2.05. The van der Waals surface area contributed by atoms with Crippen molar-refractivity contribution in [3.63, 3.8) is 0 Å². The van der Waals surface area contributed by atoms with E-state index >= 15 is 0 Å². The Labute approximate surface area is 112 Å². The van der Waals surface area contributed by atoms with Crippen molar-refractivity contribution in [3.05, 3.63) is 35.4 Å². The predicted octanol–water partition coefficient (Wildman–Crippen LogP) is 3.23. The monoisotopic (exact) mass is 266 g/mol. The second kappa shape index (κ2) is 7.47. The highest BCUT2D eigenvalue weighted by molar-refractivity contribution is 7.85. The quantitative estimate of drug-likeness (QED) is 0.710. The summed E-state index contributed by atoms with van der Waals surface area (Å²) in [5, 5.41) is 0. The molecule has 0 heterocycles. The molecule has 3 heteroatoms. The largest absolute Gasteiger partial charge is 0.293 e. The lowest BCUT2D eigenvalue weighted by molar-refractivity contribution is 0.102. The Balaban J connectivity index is 2.58. The summed E-state index contributed by atoms with van der Waals surface area (Å²) in [5.41, 5.74) is 1.92. The normalized spacial score (nSPS) is 12.7. The fraction of sp³-hybridized carbons (Fsp3) is 0.533. The Hall–Kier alpha value is -0.960. The van der Waals surface area contributed by atoms with E-state index in [-0.39, 0.29) is 11.5 Å². The third-order valence-corrected chi connectivity index (χ3v) is 4.25. The van der Waals surface area contributed by atoms with Gasteiger partial charge in [0.15, 0.2) is 5.78 Å². The Bertz CT molecular complexity index is 407. The van der Waals surface area contributed by atoms with E-state index in [4.69, 9.17) is 0 Å². The molecule has 1 rings (SSSR count). The number of benzene rings is 1. The van der Waals surface area contributed by atoms with Gasteiger partial charge in [-0.15, -0.1) is 0 Å². The molecule has 0 fully saturated rings. The fourth-order valence-corrected chi connectivity index (χ4v) is 3.13. The van der Waals surface area contributed by atoms with Gasteiger partial charge in [-0.25, -0.2) is 0 Å². The predicted molar refractivity (Wildman–Crippen MR) is 77.5 cm³/mol. The van der Waals surface area contributed by atoms with Gasteiger partial charge in [-0.2, -0.15) is 0 Å². The SMILES string of the molecule is CCCc1ccc(C(=O)CS(=O)CC(C)C)cc1. The van der Waals surface area contributed by atoms with E-state index in [0.717, 1.165) is 12.8 Å². The topological polar surface area (TPSA) is 34.1 Å². The molecular formula is C15H22O2S. The van der Waals surface area contributed by atoms with Crippen LogP contribution in [0.1, 0.15) is 43.1 Å². The molecule has 0 saturated carbocycles. The highest BCUT2D eigenvalue weighted by Gasteiger charge is 2.11. The minimum absolute atomic E-state index is 0.0166. The van der Waals surface area contributed by atoms with Crippen molar-refractivity contribution in [2.45, 2.75) is 33.6 Å². The molecule has 1 unspecified atom stereocenters. The molecule has 0 N–H and O–H groups in total. The van der Waals surface area contributed by atoms with Crippen LogP contribution in [-0.2, 0) is 17.2 Å². The number of carbonyl (C=O) groups is 1. The molecule has 0 amide bonds. The van der Waals surface area contributed by atoms with Crippen LogP contribution in [0.5, 0.6) is 0 Å². The summed E-state index contributed by atoms with van der Waals surface area (Å²) < 4.78 is 11.7. The molecule has 18 heavy (non-hydrogen) atoms. The van der Waals surface area contributed by atoms with Gasteiger partial charge in [0.25, 0.3) is 0 Å². The van der Waals surface area contributed by atoms with Crippen molar-refractivity contribution in [2.75, 3.05) is 11.5 Å². The van der Waals surface area contributed by atoms with Crippen LogP contribution in [0.3, 0.4) is 0 Å². The Morgan fingerprint density at radius 1 is 1.22 bits per heavy atom. The van der Waals surface area contributed by atoms with Gasteiger partial charge in [0.2, 0.25) is 0 Å². The van der Waals surface area contributed by atoms with Gasteiger partial charge in [0.05, 0.1) is 5.75 Å². The number of hydrogen-bond donors (Lipinski definition) is 0. The van der Waals surface area contributed by atoms with E-state index in [1.54, 1.807) is 0 Å². The third kappa shape index (κ3) is 5.13. The van der Waals surface area contributed by atoms with Gasteiger partial charge in [-0.3, -0.25) is 9.00 Å². The molecule has 1 atom stereocenters. The van der Waals surface area contributed by atoms with Crippen LogP contribution in [0.25, 0.3) is 0 Å². The maximum absolute atomic E-state index is 11.9. The van der Waals surface area contributed by atoms with E-state index in [9.17, 15) is 9.00 Å². The minimum atomic E-state index is -1.04. The van der Waals surface area contributed by atoms with Gasteiger partial charge in [0, 0.05) is 22.1 Å². The molecule has 0 aliphatic rings. The van der Waals surface area contributed by atoms with Crippen molar-refractivity contribution in [1.29, 1.82) is 0 Å². The average Bonchev–Trinajstić information content (AvgIpc) is 2.29. The zero-order valence-electron chi connectivity index (χ0n) is 11.4. The third-order valence-electron chi connectivity index (χ3n) is 2.63. The van der Waals surface area contributed by atoms with Crippen LogP contribution >= 0.6 is 0 Å². The van der Waals surface area contributed by atoms with Crippen LogP contribution in [0.4, 0.5) is 0 Å². The van der Waals surface area contributed by atoms with Gasteiger partial charge in [0.1, 0.15) is 0 Å². The van der Waals surface area contributed by atoms with E-state index in [1.165, 1.54) is 5.56 Å².